The molecule has 2 rings (SSSR count). The van der Waals surface area contributed by atoms with Crippen molar-refractivity contribution in [2.24, 2.45) is 23.0 Å². The van der Waals surface area contributed by atoms with Crippen LogP contribution in [-0.4, -0.2) is 19.3 Å². The minimum atomic E-state index is 0.0228. The lowest BCUT2D eigenvalue weighted by Crippen LogP contribution is -2.33. The summed E-state index contributed by atoms with van der Waals surface area (Å²) in [5.41, 5.74) is 6.47. The topological polar surface area (TPSA) is 35.2 Å². The first-order chi connectivity index (χ1) is 7.00. The molecule has 2 nitrogen and oxygen atoms in total. The number of rotatable bonds is 5. The monoisotopic (exact) mass is 211 g/mol. The van der Waals surface area contributed by atoms with Gasteiger partial charge in [-0.2, -0.15) is 0 Å². The Morgan fingerprint density at radius 1 is 1.33 bits per heavy atom. The molecule has 0 aromatic carbocycles. The minimum Gasteiger partial charge on any atom is -0.379 e. The third-order valence-electron chi connectivity index (χ3n) is 4.70. The molecule has 0 aromatic rings. The molecule has 2 N–H and O–H groups in total. The quantitative estimate of drug-likeness (QED) is 0.758. The Labute approximate surface area is 93.6 Å². The third-order valence-corrected chi connectivity index (χ3v) is 4.70. The van der Waals surface area contributed by atoms with Crippen LogP contribution in [0.25, 0.3) is 0 Å². The van der Waals surface area contributed by atoms with E-state index in [2.05, 4.69) is 13.8 Å². The van der Waals surface area contributed by atoms with Crippen molar-refractivity contribution in [3.05, 3.63) is 0 Å². The maximum Gasteiger partial charge on any atom is 0.0623 e. The van der Waals surface area contributed by atoms with Crippen LogP contribution in [0.3, 0.4) is 0 Å². The van der Waals surface area contributed by atoms with Gasteiger partial charge in [0.2, 0.25) is 0 Å². The second-order valence-corrected chi connectivity index (χ2v) is 6.33. The van der Waals surface area contributed by atoms with Crippen LogP contribution in [0.4, 0.5) is 0 Å². The van der Waals surface area contributed by atoms with Crippen molar-refractivity contribution < 1.29 is 4.74 Å². The lowest BCUT2D eigenvalue weighted by molar-refractivity contribution is 0.00333. The van der Waals surface area contributed by atoms with E-state index in [1.54, 1.807) is 7.11 Å². The smallest absolute Gasteiger partial charge is 0.0623 e. The van der Waals surface area contributed by atoms with E-state index in [9.17, 15) is 0 Å². The van der Waals surface area contributed by atoms with Gasteiger partial charge in [-0.15, -0.1) is 0 Å². The number of hydrogen-bond acceptors (Lipinski definition) is 2. The molecule has 2 heteroatoms. The molecule has 0 aliphatic heterocycles. The zero-order valence-electron chi connectivity index (χ0n) is 10.4. The molecule has 88 valence electrons. The first-order valence-corrected chi connectivity index (χ1v) is 6.25. The molecule has 0 spiro atoms. The molecule has 2 unspecified atom stereocenters. The van der Waals surface area contributed by atoms with Gasteiger partial charge in [-0.1, -0.05) is 0 Å². The molecule has 2 fully saturated rings. The predicted octanol–water partition coefficient (Wildman–Crippen LogP) is 2.57. The van der Waals surface area contributed by atoms with E-state index in [0.717, 1.165) is 24.8 Å². The second-order valence-electron chi connectivity index (χ2n) is 6.33. The predicted molar refractivity (Wildman–Crippen MR) is 62.6 cm³/mol. The number of ether oxygens (including phenoxy) is 1. The zero-order valence-corrected chi connectivity index (χ0v) is 10.4. The fourth-order valence-corrected chi connectivity index (χ4v) is 3.15. The highest BCUT2D eigenvalue weighted by Gasteiger charge is 2.52. The van der Waals surface area contributed by atoms with Crippen LogP contribution in [0, 0.1) is 17.3 Å². The van der Waals surface area contributed by atoms with Gasteiger partial charge in [-0.25, -0.2) is 0 Å². The van der Waals surface area contributed by atoms with E-state index >= 15 is 0 Å². The maximum atomic E-state index is 5.98. The fourth-order valence-electron chi connectivity index (χ4n) is 3.15. The van der Waals surface area contributed by atoms with Crippen molar-refractivity contribution in [1.82, 2.24) is 0 Å². The summed E-state index contributed by atoms with van der Waals surface area (Å²) in [6.45, 7) is 5.22. The normalized spacial score (nSPS) is 39.2. The van der Waals surface area contributed by atoms with E-state index in [-0.39, 0.29) is 5.60 Å². The molecule has 0 saturated heterocycles. The van der Waals surface area contributed by atoms with E-state index in [1.165, 1.54) is 25.7 Å². The number of hydrogen-bond donors (Lipinski definition) is 1. The van der Waals surface area contributed by atoms with E-state index < -0.39 is 0 Å². The van der Waals surface area contributed by atoms with Gasteiger partial charge in [-0.3, -0.25) is 0 Å². The summed E-state index contributed by atoms with van der Waals surface area (Å²) in [7, 11) is 1.81. The highest BCUT2D eigenvalue weighted by molar-refractivity contribution is 5.04. The molecular weight excluding hydrogens is 186 g/mol. The van der Waals surface area contributed by atoms with Crippen molar-refractivity contribution in [1.29, 1.82) is 0 Å². The molecule has 0 bridgehead atoms. The van der Waals surface area contributed by atoms with Crippen LogP contribution in [0.5, 0.6) is 0 Å². The summed E-state index contributed by atoms with van der Waals surface area (Å²) in [6, 6.07) is 0. The Morgan fingerprint density at radius 2 is 1.93 bits per heavy atom. The summed E-state index contributed by atoms with van der Waals surface area (Å²) in [5, 5.41) is 0. The Hall–Kier alpha value is -0.0800. The van der Waals surface area contributed by atoms with Crippen LogP contribution < -0.4 is 5.73 Å². The third kappa shape index (κ3) is 2.36. The highest BCUT2D eigenvalue weighted by atomic mass is 16.5. The van der Waals surface area contributed by atoms with E-state index in [0.29, 0.717) is 5.41 Å². The number of nitrogens with two attached hydrogens (primary N) is 1. The van der Waals surface area contributed by atoms with Gasteiger partial charge >= 0.3 is 0 Å². The summed E-state index contributed by atoms with van der Waals surface area (Å²) < 4.78 is 5.48. The van der Waals surface area contributed by atoms with Crippen molar-refractivity contribution in [3.8, 4) is 0 Å². The van der Waals surface area contributed by atoms with Crippen molar-refractivity contribution in [2.75, 3.05) is 13.7 Å². The van der Waals surface area contributed by atoms with Gasteiger partial charge in [0.15, 0.2) is 0 Å². The van der Waals surface area contributed by atoms with Gasteiger partial charge in [0.05, 0.1) is 5.60 Å². The molecule has 2 aliphatic carbocycles. The molecule has 2 atom stereocenters. The molecule has 2 aliphatic rings. The first kappa shape index (κ1) is 11.4. The lowest BCUT2D eigenvalue weighted by Gasteiger charge is -2.33. The SMILES string of the molecule is COC(C)(C)CCC1(CN)CC2CC2C1. The Bertz CT molecular complexity index is 227. The molecule has 2 saturated carbocycles. The van der Waals surface area contributed by atoms with Gasteiger partial charge in [-0.05, 0) is 69.7 Å². The Kier molecular flexibility index (Phi) is 2.85. The summed E-state index contributed by atoms with van der Waals surface area (Å²) in [5.74, 6) is 2.05. The summed E-state index contributed by atoms with van der Waals surface area (Å²) >= 11 is 0. The van der Waals surface area contributed by atoms with Crippen LogP contribution >= 0.6 is 0 Å². The zero-order chi connectivity index (χ0) is 11.1. The Morgan fingerprint density at radius 3 is 2.40 bits per heavy atom. The largest absolute Gasteiger partial charge is 0.379 e. The van der Waals surface area contributed by atoms with Crippen LogP contribution in [0.2, 0.25) is 0 Å². The van der Waals surface area contributed by atoms with Gasteiger partial charge in [0.25, 0.3) is 0 Å². The molecule has 0 heterocycles. The fraction of sp³-hybridized carbons (Fsp3) is 1.00. The highest BCUT2D eigenvalue weighted by Crippen LogP contribution is 2.61. The average molecular weight is 211 g/mol. The molecule has 0 radical (unpaired) electrons. The maximum absolute atomic E-state index is 5.98. The van der Waals surface area contributed by atoms with Crippen molar-refractivity contribution in [3.63, 3.8) is 0 Å². The summed E-state index contributed by atoms with van der Waals surface area (Å²) in [4.78, 5) is 0. The minimum absolute atomic E-state index is 0.0228. The average Bonchev–Trinajstić information content (AvgIpc) is 2.84. The molecule has 15 heavy (non-hydrogen) atoms. The standard InChI is InChI=1S/C13H25NO/c1-12(2,15-3)4-5-13(9-14)7-10-6-11(10)8-13/h10-11H,4-9,14H2,1-3H3. The van der Waals surface area contributed by atoms with Crippen LogP contribution in [-0.2, 0) is 4.74 Å². The molecular formula is C13H25NO. The lowest BCUT2D eigenvalue weighted by atomic mass is 9.77. The van der Waals surface area contributed by atoms with E-state index in [4.69, 9.17) is 10.5 Å². The number of methoxy groups -OCH3 is 1. The van der Waals surface area contributed by atoms with Crippen molar-refractivity contribution in [2.45, 2.75) is 51.6 Å². The first-order valence-electron chi connectivity index (χ1n) is 6.25. The molecule has 0 aromatic heterocycles. The summed E-state index contributed by atoms with van der Waals surface area (Å²) in [6.07, 6.45) is 6.63. The number of fused-ring (bicyclic) bond motifs is 1. The van der Waals surface area contributed by atoms with Gasteiger partial charge in [0, 0.05) is 7.11 Å². The second kappa shape index (κ2) is 3.74. The van der Waals surface area contributed by atoms with Crippen LogP contribution in [0.15, 0.2) is 0 Å². The van der Waals surface area contributed by atoms with Gasteiger partial charge in [0.1, 0.15) is 0 Å². The molecule has 0 amide bonds. The van der Waals surface area contributed by atoms with Crippen molar-refractivity contribution >= 4 is 0 Å². The van der Waals surface area contributed by atoms with Gasteiger partial charge < -0.3 is 10.5 Å². The van der Waals surface area contributed by atoms with Crippen LogP contribution in [0.1, 0.15) is 46.0 Å². The van der Waals surface area contributed by atoms with E-state index in [1.807, 2.05) is 0 Å². The Balaban J connectivity index is 1.86.